The van der Waals surface area contributed by atoms with Gasteiger partial charge in [-0.1, -0.05) is 12.1 Å². The summed E-state index contributed by atoms with van der Waals surface area (Å²) in [4.78, 5) is 26.9. The van der Waals surface area contributed by atoms with E-state index in [1.54, 1.807) is 30.3 Å². The Bertz CT molecular complexity index is 795. The lowest BCUT2D eigenvalue weighted by atomic mass is 10.1. The molecule has 0 radical (unpaired) electrons. The zero-order valence-corrected chi connectivity index (χ0v) is 14.5. The van der Waals surface area contributed by atoms with Crippen LogP contribution in [0.2, 0.25) is 0 Å². The van der Waals surface area contributed by atoms with Crippen molar-refractivity contribution in [3.63, 3.8) is 0 Å². The smallest absolute Gasteiger partial charge is 0.259 e. The number of hydrogen-bond donors (Lipinski definition) is 1. The van der Waals surface area contributed by atoms with E-state index < -0.39 is 0 Å². The van der Waals surface area contributed by atoms with E-state index in [2.05, 4.69) is 10.2 Å². The molecular weight excluding hydrogens is 316 g/mol. The molecule has 1 N–H and O–H groups in total. The highest BCUT2D eigenvalue weighted by molar-refractivity contribution is 6.10. The number of carbonyl (C=O) groups excluding carboxylic acids is 2. The lowest BCUT2D eigenvalue weighted by Gasteiger charge is -2.20. The molecule has 0 aliphatic carbocycles. The summed E-state index contributed by atoms with van der Waals surface area (Å²) in [5, 5.41) is 2.84. The Hall–Kier alpha value is -2.82. The van der Waals surface area contributed by atoms with Gasteiger partial charge in [0.1, 0.15) is 5.75 Å². The van der Waals surface area contributed by atoms with E-state index in [0.717, 1.165) is 18.8 Å². The Morgan fingerprint density at radius 2 is 1.76 bits per heavy atom. The largest absolute Gasteiger partial charge is 0.496 e. The molecule has 1 amide bonds. The molecule has 2 aromatic carbocycles. The summed E-state index contributed by atoms with van der Waals surface area (Å²) in [6.07, 6.45) is 2.34. The standard InChI is InChI=1S/C20H22N2O3/c1-14(23)17-13-15(22-11-5-6-12-22)9-10-18(17)21-20(24)16-7-3-4-8-19(16)25-2/h3-4,7-10,13H,5-6,11-12H2,1-2H3,(H,21,24). The summed E-state index contributed by atoms with van der Waals surface area (Å²) in [6.45, 7) is 3.52. The Balaban J connectivity index is 1.88. The molecule has 1 heterocycles. The van der Waals surface area contributed by atoms with E-state index in [1.165, 1.54) is 26.9 Å². The molecule has 130 valence electrons. The number of amides is 1. The summed E-state index contributed by atoms with van der Waals surface area (Å²) < 4.78 is 5.23. The van der Waals surface area contributed by atoms with Gasteiger partial charge in [0, 0.05) is 24.3 Å². The number of hydrogen-bond acceptors (Lipinski definition) is 4. The summed E-state index contributed by atoms with van der Waals surface area (Å²) in [5.41, 5.74) is 2.50. The van der Waals surface area contributed by atoms with Gasteiger partial charge in [0.2, 0.25) is 0 Å². The van der Waals surface area contributed by atoms with Crippen molar-refractivity contribution in [2.24, 2.45) is 0 Å². The van der Waals surface area contributed by atoms with Crippen molar-refractivity contribution in [3.05, 3.63) is 53.6 Å². The van der Waals surface area contributed by atoms with E-state index in [4.69, 9.17) is 4.74 Å². The molecule has 1 saturated heterocycles. The van der Waals surface area contributed by atoms with E-state index >= 15 is 0 Å². The van der Waals surface area contributed by atoms with Crippen LogP contribution in [-0.2, 0) is 0 Å². The normalized spacial score (nSPS) is 13.6. The zero-order valence-electron chi connectivity index (χ0n) is 14.5. The van der Waals surface area contributed by atoms with Crippen molar-refractivity contribution < 1.29 is 14.3 Å². The van der Waals surface area contributed by atoms with Crippen molar-refractivity contribution in [2.75, 3.05) is 30.4 Å². The van der Waals surface area contributed by atoms with E-state index in [9.17, 15) is 9.59 Å². The highest BCUT2D eigenvalue weighted by Gasteiger charge is 2.18. The van der Waals surface area contributed by atoms with Crippen LogP contribution in [0.4, 0.5) is 11.4 Å². The van der Waals surface area contributed by atoms with Gasteiger partial charge < -0.3 is 15.0 Å². The molecule has 5 nitrogen and oxygen atoms in total. The van der Waals surface area contributed by atoms with Crippen LogP contribution in [0.1, 0.15) is 40.5 Å². The van der Waals surface area contributed by atoms with Gasteiger partial charge in [0.15, 0.2) is 5.78 Å². The Kier molecular flexibility index (Phi) is 5.03. The first-order valence-electron chi connectivity index (χ1n) is 8.44. The highest BCUT2D eigenvalue weighted by Crippen LogP contribution is 2.27. The number of ketones is 1. The number of nitrogens with zero attached hydrogens (tertiary/aromatic N) is 1. The molecule has 2 aromatic rings. The van der Waals surface area contributed by atoms with Crippen molar-refractivity contribution >= 4 is 23.1 Å². The number of nitrogens with one attached hydrogen (secondary N) is 1. The number of para-hydroxylation sites is 1. The molecule has 1 aliphatic heterocycles. The number of methoxy groups -OCH3 is 1. The minimum absolute atomic E-state index is 0.0728. The number of Topliss-reactive ketones (excluding diaryl/α,β-unsaturated/α-hetero) is 1. The molecule has 1 fully saturated rings. The molecule has 5 heteroatoms. The van der Waals surface area contributed by atoms with Gasteiger partial charge in [-0.2, -0.15) is 0 Å². The van der Waals surface area contributed by atoms with Gasteiger partial charge in [-0.3, -0.25) is 9.59 Å². The number of carbonyl (C=O) groups is 2. The predicted octanol–water partition coefficient (Wildman–Crippen LogP) is 3.75. The van der Waals surface area contributed by atoms with Crippen molar-refractivity contribution in [1.82, 2.24) is 0 Å². The maximum Gasteiger partial charge on any atom is 0.259 e. The van der Waals surface area contributed by atoms with Crippen LogP contribution >= 0.6 is 0 Å². The molecule has 3 rings (SSSR count). The highest BCUT2D eigenvalue weighted by atomic mass is 16.5. The number of benzene rings is 2. The molecule has 25 heavy (non-hydrogen) atoms. The molecule has 0 spiro atoms. The van der Waals surface area contributed by atoms with E-state index in [1.807, 2.05) is 12.1 Å². The average Bonchev–Trinajstić information content (AvgIpc) is 3.16. The second-order valence-corrected chi connectivity index (χ2v) is 6.13. The summed E-state index contributed by atoms with van der Waals surface area (Å²) >= 11 is 0. The number of rotatable bonds is 5. The van der Waals surface area contributed by atoms with Crippen LogP contribution in [0.3, 0.4) is 0 Å². The Labute approximate surface area is 147 Å². The first-order valence-corrected chi connectivity index (χ1v) is 8.44. The molecule has 0 unspecified atom stereocenters. The summed E-state index contributed by atoms with van der Waals surface area (Å²) in [7, 11) is 1.53. The molecular formula is C20H22N2O3. The second kappa shape index (κ2) is 7.38. The van der Waals surface area contributed by atoms with Crippen LogP contribution in [0, 0.1) is 0 Å². The van der Waals surface area contributed by atoms with E-state index in [0.29, 0.717) is 22.6 Å². The van der Waals surface area contributed by atoms with Gasteiger partial charge >= 0.3 is 0 Å². The van der Waals surface area contributed by atoms with Gasteiger partial charge in [0.05, 0.1) is 18.4 Å². The SMILES string of the molecule is COc1ccccc1C(=O)Nc1ccc(N2CCCC2)cc1C(C)=O. The quantitative estimate of drug-likeness (QED) is 0.844. The van der Waals surface area contributed by atoms with Crippen molar-refractivity contribution in [3.8, 4) is 5.75 Å². The lowest BCUT2D eigenvalue weighted by Crippen LogP contribution is -2.19. The molecule has 0 atom stereocenters. The van der Waals surface area contributed by atoms with Crippen LogP contribution in [0.15, 0.2) is 42.5 Å². The van der Waals surface area contributed by atoms with Crippen molar-refractivity contribution in [2.45, 2.75) is 19.8 Å². The fourth-order valence-corrected chi connectivity index (χ4v) is 3.13. The van der Waals surface area contributed by atoms with Gasteiger partial charge in [-0.25, -0.2) is 0 Å². The maximum atomic E-state index is 12.6. The molecule has 0 saturated carbocycles. The van der Waals surface area contributed by atoms with Crippen LogP contribution in [-0.4, -0.2) is 31.9 Å². The summed E-state index contributed by atoms with van der Waals surface area (Å²) in [5.74, 6) is 0.128. The Morgan fingerprint density at radius 3 is 2.44 bits per heavy atom. The number of ether oxygens (including phenoxy) is 1. The van der Waals surface area contributed by atoms with Gasteiger partial charge in [-0.05, 0) is 50.1 Å². The van der Waals surface area contributed by atoms with Crippen molar-refractivity contribution in [1.29, 1.82) is 0 Å². The number of anilines is 2. The minimum Gasteiger partial charge on any atom is -0.496 e. The third-order valence-corrected chi connectivity index (χ3v) is 4.45. The fraction of sp³-hybridized carbons (Fsp3) is 0.300. The monoisotopic (exact) mass is 338 g/mol. The van der Waals surface area contributed by atoms with E-state index in [-0.39, 0.29) is 11.7 Å². The molecule has 1 aliphatic rings. The predicted molar refractivity (Wildman–Crippen MR) is 98.8 cm³/mol. The maximum absolute atomic E-state index is 12.6. The van der Waals surface area contributed by atoms with Crippen LogP contribution in [0.25, 0.3) is 0 Å². The third-order valence-electron chi connectivity index (χ3n) is 4.45. The second-order valence-electron chi connectivity index (χ2n) is 6.13. The third kappa shape index (κ3) is 3.65. The topological polar surface area (TPSA) is 58.6 Å². The van der Waals surface area contributed by atoms with Gasteiger partial charge in [-0.15, -0.1) is 0 Å². The van der Waals surface area contributed by atoms with Crippen LogP contribution in [0.5, 0.6) is 5.75 Å². The Morgan fingerprint density at radius 1 is 1.04 bits per heavy atom. The zero-order chi connectivity index (χ0) is 17.8. The average molecular weight is 338 g/mol. The fourth-order valence-electron chi connectivity index (χ4n) is 3.13. The lowest BCUT2D eigenvalue weighted by molar-refractivity contribution is 0.101. The summed E-state index contributed by atoms with van der Waals surface area (Å²) in [6, 6.07) is 12.6. The first kappa shape index (κ1) is 17.0. The first-order chi connectivity index (χ1) is 12.1. The molecule has 0 aromatic heterocycles. The molecule has 0 bridgehead atoms. The van der Waals surface area contributed by atoms with Crippen LogP contribution < -0.4 is 15.0 Å². The minimum atomic E-state index is -0.297. The van der Waals surface area contributed by atoms with Gasteiger partial charge in [0.25, 0.3) is 5.91 Å².